The Hall–Kier alpha value is -1.34. The number of likely N-dealkylation sites (tertiary alicyclic amines) is 1. The van der Waals surface area contributed by atoms with Gasteiger partial charge in [-0.25, -0.2) is 0 Å². The van der Waals surface area contributed by atoms with Crippen molar-refractivity contribution in [3.63, 3.8) is 0 Å². The van der Waals surface area contributed by atoms with Crippen molar-refractivity contribution >= 4 is 0 Å². The zero-order valence-corrected chi connectivity index (χ0v) is 6.94. The average Bonchev–Trinajstić information content (AvgIpc) is 2.46. The first-order chi connectivity index (χ1) is 5.79. The van der Waals surface area contributed by atoms with Gasteiger partial charge < -0.3 is 4.90 Å². The van der Waals surface area contributed by atoms with Gasteiger partial charge in [0.15, 0.2) is 0 Å². The number of rotatable bonds is 1. The van der Waals surface area contributed by atoms with E-state index in [4.69, 9.17) is 5.26 Å². The van der Waals surface area contributed by atoms with E-state index in [1.54, 1.807) is 12.4 Å². The van der Waals surface area contributed by atoms with Gasteiger partial charge in [-0.05, 0) is 7.05 Å². The molecule has 0 aromatic carbocycles. The highest BCUT2D eigenvalue weighted by molar-refractivity contribution is 5.22. The van der Waals surface area contributed by atoms with Crippen molar-refractivity contribution in [1.29, 1.82) is 5.26 Å². The van der Waals surface area contributed by atoms with Crippen molar-refractivity contribution in [2.75, 3.05) is 20.1 Å². The molecule has 0 saturated carbocycles. The molecule has 1 aliphatic rings. The molecule has 1 fully saturated rings. The molecule has 4 nitrogen and oxygen atoms in total. The van der Waals surface area contributed by atoms with Crippen LogP contribution in [0.2, 0.25) is 0 Å². The Bertz CT molecular complexity index is 316. The highest BCUT2D eigenvalue weighted by Crippen LogP contribution is 2.17. The normalized spacial score (nSPS) is 18.7. The van der Waals surface area contributed by atoms with Gasteiger partial charge in [0.25, 0.3) is 0 Å². The summed E-state index contributed by atoms with van der Waals surface area (Å²) in [5.41, 5.74) is 0.643. The smallest absolute Gasteiger partial charge is 0.102 e. The van der Waals surface area contributed by atoms with Gasteiger partial charge in [-0.3, -0.25) is 4.68 Å². The maximum atomic E-state index is 8.56. The van der Waals surface area contributed by atoms with Gasteiger partial charge in [-0.15, -0.1) is 0 Å². The molecule has 0 spiro atoms. The number of hydrogen-bond donors (Lipinski definition) is 0. The number of nitrogens with zero attached hydrogens (tertiary/aromatic N) is 4. The quantitative estimate of drug-likeness (QED) is 0.594. The van der Waals surface area contributed by atoms with Crippen LogP contribution in [0.4, 0.5) is 0 Å². The molecule has 0 atom stereocenters. The highest BCUT2D eigenvalue weighted by Gasteiger charge is 2.25. The molecule has 2 rings (SSSR count). The van der Waals surface area contributed by atoms with Crippen LogP contribution < -0.4 is 0 Å². The summed E-state index contributed by atoms with van der Waals surface area (Å²) < 4.78 is 1.87. The van der Waals surface area contributed by atoms with Gasteiger partial charge in [0, 0.05) is 19.3 Å². The van der Waals surface area contributed by atoms with Crippen LogP contribution in [0.25, 0.3) is 0 Å². The van der Waals surface area contributed by atoms with E-state index in [0.717, 1.165) is 13.1 Å². The first kappa shape index (κ1) is 7.32. The van der Waals surface area contributed by atoms with Crippen molar-refractivity contribution in [2.24, 2.45) is 0 Å². The molecule has 0 unspecified atom stereocenters. The lowest BCUT2D eigenvalue weighted by Gasteiger charge is -2.35. The number of aromatic nitrogens is 2. The summed E-state index contributed by atoms with van der Waals surface area (Å²) in [5, 5.41) is 12.7. The van der Waals surface area contributed by atoms with Gasteiger partial charge in [0.2, 0.25) is 0 Å². The van der Waals surface area contributed by atoms with E-state index in [0.29, 0.717) is 11.6 Å². The van der Waals surface area contributed by atoms with Crippen molar-refractivity contribution < 1.29 is 0 Å². The minimum absolute atomic E-state index is 0.470. The third-order valence-electron chi connectivity index (χ3n) is 2.15. The van der Waals surface area contributed by atoms with Gasteiger partial charge in [0.1, 0.15) is 6.07 Å². The summed E-state index contributed by atoms with van der Waals surface area (Å²) in [5.74, 6) is 0. The van der Waals surface area contributed by atoms with Crippen molar-refractivity contribution in [3.05, 3.63) is 18.0 Å². The molecular formula is C8H10N4. The van der Waals surface area contributed by atoms with Crippen LogP contribution in [-0.2, 0) is 0 Å². The summed E-state index contributed by atoms with van der Waals surface area (Å²) in [4.78, 5) is 2.22. The Morgan fingerprint density at radius 2 is 2.42 bits per heavy atom. The van der Waals surface area contributed by atoms with Crippen LogP contribution in [-0.4, -0.2) is 34.8 Å². The summed E-state index contributed by atoms with van der Waals surface area (Å²) in [7, 11) is 2.07. The second kappa shape index (κ2) is 2.61. The van der Waals surface area contributed by atoms with Gasteiger partial charge in [-0.2, -0.15) is 10.4 Å². The molecule has 1 saturated heterocycles. The largest absolute Gasteiger partial charge is 0.302 e. The maximum Gasteiger partial charge on any atom is 0.102 e. The Kier molecular flexibility index (Phi) is 1.59. The van der Waals surface area contributed by atoms with Crippen LogP contribution in [0.5, 0.6) is 0 Å². The predicted octanol–water partition coefficient (Wildman–Crippen LogP) is 0.241. The molecular weight excluding hydrogens is 152 g/mol. The maximum absolute atomic E-state index is 8.56. The second-order valence-electron chi connectivity index (χ2n) is 3.20. The molecule has 0 radical (unpaired) electrons. The monoisotopic (exact) mass is 162 g/mol. The first-order valence-corrected chi connectivity index (χ1v) is 3.92. The fourth-order valence-corrected chi connectivity index (χ4v) is 1.43. The Morgan fingerprint density at radius 3 is 2.92 bits per heavy atom. The van der Waals surface area contributed by atoms with Gasteiger partial charge in [-0.1, -0.05) is 0 Å². The lowest BCUT2D eigenvalue weighted by Crippen LogP contribution is -2.45. The average molecular weight is 162 g/mol. The van der Waals surface area contributed by atoms with Crippen LogP contribution in [0.3, 0.4) is 0 Å². The zero-order chi connectivity index (χ0) is 8.55. The number of hydrogen-bond acceptors (Lipinski definition) is 3. The number of nitriles is 1. The van der Waals surface area contributed by atoms with E-state index >= 15 is 0 Å². The van der Waals surface area contributed by atoms with Crippen molar-refractivity contribution in [1.82, 2.24) is 14.7 Å². The molecule has 62 valence electrons. The molecule has 1 aliphatic heterocycles. The first-order valence-electron chi connectivity index (χ1n) is 3.92. The minimum atomic E-state index is 0.470. The summed E-state index contributed by atoms with van der Waals surface area (Å²) in [6, 6.07) is 2.53. The molecule has 0 amide bonds. The summed E-state index contributed by atoms with van der Waals surface area (Å²) in [6.07, 6.45) is 3.41. The molecule has 1 aromatic heterocycles. The fourth-order valence-electron chi connectivity index (χ4n) is 1.43. The van der Waals surface area contributed by atoms with E-state index in [-0.39, 0.29) is 0 Å². The zero-order valence-electron chi connectivity index (χ0n) is 6.94. The fraction of sp³-hybridized carbons (Fsp3) is 0.500. The third-order valence-corrected chi connectivity index (χ3v) is 2.15. The van der Waals surface area contributed by atoms with Crippen LogP contribution in [0.15, 0.2) is 12.4 Å². The topological polar surface area (TPSA) is 44.9 Å². The van der Waals surface area contributed by atoms with E-state index in [1.165, 1.54) is 0 Å². The van der Waals surface area contributed by atoms with E-state index < -0.39 is 0 Å². The van der Waals surface area contributed by atoms with Gasteiger partial charge in [0.05, 0.1) is 17.8 Å². The van der Waals surface area contributed by atoms with Crippen LogP contribution >= 0.6 is 0 Å². The predicted molar refractivity (Wildman–Crippen MR) is 43.5 cm³/mol. The molecule has 0 bridgehead atoms. The minimum Gasteiger partial charge on any atom is -0.302 e. The Balaban J connectivity index is 2.10. The molecule has 0 N–H and O–H groups in total. The summed E-state index contributed by atoms with van der Waals surface area (Å²) in [6.45, 7) is 2.07. The van der Waals surface area contributed by atoms with Crippen LogP contribution in [0, 0.1) is 11.3 Å². The highest BCUT2D eigenvalue weighted by atomic mass is 15.4. The van der Waals surface area contributed by atoms with Crippen LogP contribution in [0.1, 0.15) is 11.6 Å². The third kappa shape index (κ3) is 1.08. The van der Waals surface area contributed by atoms with E-state index in [1.807, 2.05) is 4.68 Å². The molecule has 0 aliphatic carbocycles. The standard InChI is InChI=1S/C8H10N4/c1-11-5-8(6-11)12-4-7(2-9)3-10-12/h3-4,8H,5-6H2,1H3. The molecule has 4 heteroatoms. The van der Waals surface area contributed by atoms with Crippen molar-refractivity contribution in [3.8, 4) is 6.07 Å². The van der Waals surface area contributed by atoms with Crippen molar-refractivity contribution in [2.45, 2.75) is 6.04 Å². The molecule has 2 heterocycles. The van der Waals surface area contributed by atoms with Gasteiger partial charge >= 0.3 is 0 Å². The second-order valence-corrected chi connectivity index (χ2v) is 3.20. The lowest BCUT2D eigenvalue weighted by atomic mass is 10.1. The lowest BCUT2D eigenvalue weighted by molar-refractivity contribution is 0.130. The summed E-state index contributed by atoms with van der Waals surface area (Å²) >= 11 is 0. The Labute approximate surface area is 71.0 Å². The molecule has 12 heavy (non-hydrogen) atoms. The van der Waals surface area contributed by atoms with E-state index in [9.17, 15) is 0 Å². The number of likely N-dealkylation sites (N-methyl/N-ethyl adjacent to an activating group) is 1. The van der Waals surface area contributed by atoms with E-state index in [2.05, 4.69) is 23.1 Å². The molecule has 1 aromatic rings. The SMILES string of the molecule is CN1CC(n2cc(C#N)cn2)C1. The Morgan fingerprint density at radius 1 is 1.67 bits per heavy atom.